The number of hydrogen-bond acceptors (Lipinski definition) is 4. The summed E-state index contributed by atoms with van der Waals surface area (Å²) in [7, 11) is 2.09. The molecular weight excluding hydrogens is 302 g/mol. The fourth-order valence-corrected chi connectivity index (χ4v) is 3.31. The molecule has 4 rings (SSSR count). The first-order valence-electron chi connectivity index (χ1n) is 7.94. The lowest BCUT2D eigenvalue weighted by Crippen LogP contribution is -2.12. The van der Waals surface area contributed by atoms with Gasteiger partial charge in [0.15, 0.2) is 0 Å². The lowest BCUT2D eigenvalue weighted by molar-refractivity contribution is 0.346. The SMILES string of the molecule is CN1Cc2nn(Cc3cccc(O)c3)c(-c3ccc(O)cc3)c2C1. The molecular formula is C19H19N3O2. The van der Waals surface area contributed by atoms with E-state index >= 15 is 0 Å². The smallest absolute Gasteiger partial charge is 0.115 e. The molecule has 1 aromatic heterocycles. The summed E-state index contributed by atoms with van der Waals surface area (Å²) >= 11 is 0. The van der Waals surface area contributed by atoms with Crippen molar-refractivity contribution in [2.45, 2.75) is 19.6 Å². The molecule has 3 aromatic rings. The monoisotopic (exact) mass is 321 g/mol. The first-order valence-corrected chi connectivity index (χ1v) is 7.94. The van der Waals surface area contributed by atoms with Gasteiger partial charge >= 0.3 is 0 Å². The zero-order valence-corrected chi connectivity index (χ0v) is 13.5. The molecule has 5 heteroatoms. The minimum absolute atomic E-state index is 0.256. The Kier molecular flexibility index (Phi) is 3.50. The summed E-state index contributed by atoms with van der Waals surface area (Å²) < 4.78 is 2.00. The molecule has 5 nitrogen and oxygen atoms in total. The Morgan fingerprint density at radius 3 is 2.54 bits per heavy atom. The van der Waals surface area contributed by atoms with Crippen molar-refractivity contribution in [2.24, 2.45) is 0 Å². The minimum Gasteiger partial charge on any atom is -0.508 e. The highest BCUT2D eigenvalue weighted by atomic mass is 16.3. The van der Waals surface area contributed by atoms with E-state index in [0.29, 0.717) is 6.54 Å². The van der Waals surface area contributed by atoms with Gasteiger partial charge in [-0.15, -0.1) is 0 Å². The third kappa shape index (κ3) is 2.63. The van der Waals surface area contributed by atoms with Gasteiger partial charge in [-0.05, 0) is 49.0 Å². The van der Waals surface area contributed by atoms with Crippen LogP contribution in [0, 0.1) is 0 Å². The second-order valence-electron chi connectivity index (χ2n) is 6.32. The molecule has 2 aromatic carbocycles. The van der Waals surface area contributed by atoms with Crippen LogP contribution in [0.3, 0.4) is 0 Å². The molecule has 0 bridgehead atoms. The Balaban J connectivity index is 1.79. The van der Waals surface area contributed by atoms with E-state index < -0.39 is 0 Å². The molecule has 2 N–H and O–H groups in total. The van der Waals surface area contributed by atoms with Crippen LogP contribution in [0.25, 0.3) is 11.3 Å². The Labute approximate surface area is 140 Å². The van der Waals surface area contributed by atoms with Crippen LogP contribution < -0.4 is 0 Å². The van der Waals surface area contributed by atoms with Gasteiger partial charge in [0.25, 0.3) is 0 Å². The first-order chi connectivity index (χ1) is 11.6. The maximum atomic E-state index is 9.70. The van der Waals surface area contributed by atoms with Crippen LogP contribution in [0.15, 0.2) is 48.5 Å². The molecule has 0 spiro atoms. The number of rotatable bonds is 3. The van der Waals surface area contributed by atoms with Gasteiger partial charge in [-0.1, -0.05) is 12.1 Å². The summed E-state index contributed by atoms with van der Waals surface area (Å²) in [6.07, 6.45) is 0. The van der Waals surface area contributed by atoms with Gasteiger partial charge in [-0.25, -0.2) is 0 Å². The lowest BCUT2D eigenvalue weighted by Gasteiger charge is -2.13. The van der Waals surface area contributed by atoms with Crippen LogP contribution in [0.5, 0.6) is 11.5 Å². The lowest BCUT2D eigenvalue weighted by atomic mass is 10.1. The molecule has 0 atom stereocenters. The predicted molar refractivity (Wildman–Crippen MR) is 91.7 cm³/mol. The van der Waals surface area contributed by atoms with Crippen molar-refractivity contribution in [1.29, 1.82) is 0 Å². The molecule has 2 heterocycles. The number of fused-ring (bicyclic) bond motifs is 1. The highest BCUT2D eigenvalue weighted by molar-refractivity contribution is 5.66. The largest absolute Gasteiger partial charge is 0.508 e. The van der Waals surface area contributed by atoms with Crippen molar-refractivity contribution in [3.8, 4) is 22.8 Å². The van der Waals surface area contributed by atoms with E-state index in [9.17, 15) is 10.2 Å². The van der Waals surface area contributed by atoms with Gasteiger partial charge in [-0.3, -0.25) is 9.58 Å². The van der Waals surface area contributed by atoms with E-state index in [0.717, 1.165) is 35.6 Å². The average molecular weight is 321 g/mol. The fraction of sp³-hybridized carbons (Fsp3) is 0.211. The molecule has 0 aliphatic carbocycles. The number of nitrogens with zero attached hydrogens (tertiary/aromatic N) is 3. The quantitative estimate of drug-likeness (QED) is 0.778. The third-order valence-electron chi connectivity index (χ3n) is 4.37. The Morgan fingerprint density at radius 2 is 1.79 bits per heavy atom. The predicted octanol–water partition coefficient (Wildman–Crippen LogP) is 2.96. The standard InChI is InChI=1S/C19H19N3O2/c1-21-11-17-18(12-21)20-22(10-13-3-2-4-16(24)9-13)19(17)14-5-7-15(23)8-6-14/h2-9,23-24H,10-12H2,1H3. The highest BCUT2D eigenvalue weighted by Crippen LogP contribution is 2.33. The maximum absolute atomic E-state index is 9.70. The van der Waals surface area contributed by atoms with Gasteiger partial charge in [0.2, 0.25) is 0 Å². The van der Waals surface area contributed by atoms with Gasteiger partial charge in [0.1, 0.15) is 11.5 Å². The fourth-order valence-electron chi connectivity index (χ4n) is 3.31. The van der Waals surface area contributed by atoms with Crippen molar-refractivity contribution in [1.82, 2.24) is 14.7 Å². The summed E-state index contributed by atoms with van der Waals surface area (Å²) in [5.41, 5.74) is 5.46. The van der Waals surface area contributed by atoms with E-state index in [1.165, 1.54) is 5.56 Å². The van der Waals surface area contributed by atoms with Crippen molar-refractivity contribution in [2.75, 3.05) is 7.05 Å². The van der Waals surface area contributed by atoms with Crippen LogP contribution >= 0.6 is 0 Å². The minimum atomic E-state index is 0.256. The number of aromatic nitrogens is 2. The average Bonchev–Trinajstić information content (AvgIpc) is 3.04. The normalized spacial score (nSPS) is 14.0. The zero-order chi connectivity index (χ0) is 16.7. The summed E-state index contributed by atoms with van der Waals surface area (Å²) in [4.78, 5) is 2.24. The van der Waals surface area contributed by atoms with Gasteiger partial charge in [0, 0.05) is 24.2 Å². The summed E-state index contributed by atoms with van der Waals surface area (Å²) in [6, 6.07) is 14.5. The summed E-state index contributed by atoms with van der Waals surface area (Å²) in [5.74, 6) is 0.518. The van der Waals surface area contributed by atoms with Crippen molar-refractivity contribution in [3.05, 3.63) is 65.4 Å². The van der Waals surface area contributed by atoms with Gasteiger partial charge < -0.3 is 10.2 Å². The van der Waals surface area contributed by atoms with Gasteiger partial charge in [-0.2, -0.15) is 5.10 Å². The van der Waals surface area contributed by atoms with Crippen molar-refractivity contribution >= 4 is 0 Å². The van der Waals surface area contributed by atoms with Crippen molar-refractivity contribution < 1.29 is 10.2 Å². The second-order valence-corrected chi connectivity index (χ2v) is 6.32. The molecule has 0 saturated heterocycles. The number of benzene rings is 2. The Bertz CT molecular complexity index is 884. The molecule has 24 heavy (non-hydrogen) atoms. The molecule has 1 aliphatic rings. The summed E-state index contributed by atoms with van der Waals surface area (Å²) in [6.45, 7) is 2.31. The van der Waals surface area contributed by atoms with Crippen LogP contribution in [0.2, 0.25) is 0 Å². The zero-order valence-electron chi connectivity index (χ0n) is 13.5. The molecule has 1 aliphatic heterocycles. The molecule has 0 saturated carbocycles. The van der Waals surface area contributed by atoms with Gasteiger partial charge in [0.05, 0.1) is 17.9 Å². The highest BCUT2D eigenvalue weighted by Gasteiger charge is 2.26. The number of phenolic OH excluding ortho intramolecular Hbond substituents is 2. The van der Waals surface area contributed by atoms with E-state index in [2.05, 4.69) is 11.9 Å². The second kappa shape index (κ2) is 5.69. The molecule has 0 amide bonds. The molecule has 0 unspecified atom stereocenters. The number of aromatic hydroxyl groups is 2. The van der Waals surface area contributed by atoms with E-state index in [1.54, 1.807) is 24.3 Å². The Hall–Kier alpha value is -2.79. The van der Waals surface area contributed by atoms with E-state index in [-0.39, 0.29) is 11.5 Å². The van der Waals surface area contributed by atoms with E-state index in [4.69, 9.17) is 5.10 Å². The third-order valence-corrected chi connectivity index (χ3v) is 4.37. The van der Waals surface area contributed by atoms with Crippen LogP contribution in [0.1, 0.15) is 16.8 Å². The van der Waals surface area contributed by atoms with Crippen LogP contribution in [-0.4, -0.2) is 31.9 Å². The number of phenols is 2. The number of hydrogen-bond donors (Lipinski definition) is 2. The summed E-state index contributed by atoms with van der Waals surface area (Å²) in [5, 5.41) is 24.1. The first kappa shape index (κ1) is 14.8. The topological polar surface area (TPSA) is 61.5 Å². The van der Waals surface area contributed by atoms with Crippen LogP contribution in [-0.2, 0) is 19.6 Å². The maximum Gasteiger partial charge on any atom is 0.115 e. The Morgan fingerprint density at radius 1 is 1.00 bits per heavy atom. The van der Waals surface area contributed by atoms with E-state index in [1.807, 2.05) is 28.9 Å². The molecule has 122 valence electrons. The molecule has 0 fully saturated rings. The van der Waals surface area contributed by atoms with Crippen LogP contribution in [0.4, 0.5) is 0 Å². The van der Waals surface area contributed by atoms with Crippen molar-refractivity contribution in [3.63, 3.8) is 0 Å². The molecule has 0 radical (unpaired) electrons.